The number of nitrogens with one attached hydrogen (secondary N) is 1. The fourth-order valence-electron chi connectivity index (χ4n) is 3.42. The number of benzene rings is 1. The second kappa shape index (κ2) is 7.71. The summed E-state index contributed by atoms with van der Waals surface area (Å²) in [4.78, 5) is 28.1. The molecule has 4 N–H and O–H groups in total. The summed E-state index contributed by atoms with van der Waals surface area (Å²) in [6.45, 7) is 6.12. The minimum atomic E-state index is -2.40. The Labute approximate surface area is 173 Å². The summed E-state index contributed by atoms with van der Waals surface area (Å²) >= 11 is 0. The van der Waals surface area contributed by atoms with E-state index in [0.29, 0.717) is 16.5 Å². The first kappa shape index (κ1) is 21.8. The normalized spacial score (nSPS) is 21.7. The number of pyridine rings is 1. The molecule has 162 valence electrons. The molecule has 1 fully saturated rings. The standard InChI is InChI=1S/C21H26FN3O5/c1-11(2)30-16-8-14-12(7-15(16)17(23)26)5-6-24-18(14)29-10-13-9-21(22,19(27)25-13)20(3,4)28/h5-8,11,13,28H,9-10H2,1-4H3,(H2,23,26)(H,25,27)/t13-,21-/m0/s1. The van der Waals surface area contributed by atoms with Crippen molar-refractivity contribution in [1.29, 1.82) is 0 Å². The largest absolute Gasteiger partial charge is 0.490 e. The Bertz CT molecular complexity index is 989. The van der Waals surface area contributed by atoms with Crippen molar-refractivity contribution in [3.63, 3.8) is 0 Å². The molecule has 0 bridgehead atoms. The third-order valence-electron chi connectivity index (χ3n) is 5.07. The van der Waals surface area contributed by atoms with Crippen LogP contribution in [0.25, 0.3) is 10.8 Å². The van der Waals surface area contributed by atoms with Crippen molar-refractivity contribution in [1.82, 2.24) is 10.3 Å². The Morgan fingerprint density at radius 3 is 2.73 bits per heavy atom. The number of fused-ring (bicyclic) bond motifs is 1. The van der Waals surface area contributed by atoms with Gasteiger partial charge in [0.2, 0.25) is 11.5 Å². The number of halogens is 1. The topological polar surface area (TPSA) is 124 Å². The maximum Gasteiger partial charge on any atom is 0.261 e. The maximum absolute atomic E-state index is 14.9. The monoisotopic (exact) mass is 419 g/mol. The highest BCUT2D eigenvalue weighted by Gasteiger charge is 2.57. The van der Waals surface area contributed by atoms with E-state index in [2.05, 4.69) is 10.3 Å². The summed E-state index contributed by atoms with van der Waals surface area (Å²) in [6.07, 6.45) is 1.09. The fraction of sp³-hybridized carbons (Fsp3) is 0.476. The number of primary amides is 1. The van der Waals surface area contributed by atoms with Gasteiger partial charge in [0.1, 0.15) is 18.0 Å². The molecule has 9 heteroatoms. The van der Waals surface area contributed by atoms with Crippen LogP contribution >= 0.6 is 0 Å². The lowest BCUT2D eigenvalue weighted by molar-refractivity contribution is -0.145. The third kappa shape index (κ3) is 4.02. The molecule has 1 aliphatic rings. The van der Waals surface area contributed by atoms with Gasteiger partial charge >= 0.3 is 0 Å². The molecule has 1 aliphatic heterocycles. The first-order chi connectivity index (χ1) is 13.9. The van der Waals surface area contributed by atoms with Gasteiger partial charge in [-0.3, -0.25) is 9.59 Å². The summed E-state index contributed by atoms with van der Waals surface area (Å²) in [6, 6.07) is 4.29. The first-order valence-corrected chi connectivity index (χ1v) is 9.66. The van der Waals surface area contributed by atoms with Gasteiger partial charge in [-0.15, -0.1) is 0 Å². The van der Waals surface area contributed by atoms with Crippen LogP contribution in [0, 0.1) is 0 Å². The number of alkyl halides is 1. The highest BCUT2D eigenvalue weighted by atomic mass is 19.1. The summed E-state index contributed by atoms with van der Waals surface area (Å²) < 4.78 is 26.4. The van der Waals surface area contributed by atoms with E-state index in [4.69, 9.17) is 15.2 Å². The van der Waals surface area contributed by atoms with Gasteiger partial charge in [-0.2, -0.15) is 0 Å². The van der Waals surface area contributed by atoms with E-state index in [9.17, 15) is 19.1 Å². The van der Waals surface area contributed by atoms with Crippen LogP contribution in [0.5, 0.6) is 11.6 Å². The Morgan fingerprint density at radius 1 is 1.47 bits per heavy atom. The molecule has 0 saturated carbocycles. The van der Waals surface area contributed by atoms with Crippen LogP contribution in [0.2, 0.25) is 0 Å². The van der Waals surface area contributed by atoms with E-state index in [-0.39, 0.29) is 30.6 Å². The number of ether oxygens (including phenoxy) is 2. The number of nitrogens with two attached hydrogens (primary N) is 1. The zero-order valence-electron chi connectivity index (χ0n) is 17.4. The number of hydrogen-bond donors (Lipinski definition) is 3. The zero-order chi connectivity index (χ0) is 22.3. The molecule has 2 amide bonds. The molecule has 2 aromatic rings. The quantitative estimate of drug-likeness (QED) is 0.629. The molecular formula is C21H26FN3O5. The molecule has 2 heterocycles. The number of aromatic nitrogens is 1. The Kier molecular flexibility index (Phi) is 5.60. The van der Waals surface area contributed by atoms with Crippen molar-refractivity contribution < 1.29 is 28.6 Å². The molecule has 1 aromatic carbocycles. The van der Waals surface area contributed by atoms with E-state index in [1.807, 2.05) is 13.8 Å². The first-order valence-electron chi connectivity index (χ1n) is 9.66. The Balaban J connectivity index is 1.87. The zero-order valence-corrected chi connectivity index (χ0v) is 17.4. The number of amides is 2. The predicted molar refractivity (Wildman–Crippen MR) is 108 cm³/mol. The van der Waals surface area contributed by atoms with Crippen LogP contribution in [-0.4, -0.2) is 51.9 Å². The number of carbonyl (C=O) groups excluding carboxylic acids is 2. The lowest BCUT2D eigenvalue weighted by Gasteiger charge is -2.30. The van der Waals surface area contributed by atoms with E-state index in [1.165, 1.54) is 20.0 Å². The molecule has 0 unspecified atom stereocenters. The van der Waals surface area contributed by atoms with E-state index < -0.39 is 29.1 Å². The number of aliphatic hydroxyl groups is 1. The van der Waals surface area contributed by atoms with Gasteiger partial charge in [-0.25, -0.2) is 9.37 Å². The van der Waals surface area contributed by atoms with Crippen LogP contribution in [-0.2, 0) is 4.79 Å². The van der Waals surface area contributed by atoms with Crippen LogP contribution in [0.1, 0.15) is 44.5 Å². The average molecular weight is 419 g/mol. The van der Waals surface area contributed by atoms with Crippen molar-refractivity contribution in [2.24, 2.45) is 5.73 Å². The van der Waals surface area contributed by atoms with Gasteiger partial charge in [0.05, 0.1) is 17.7 Å². The van der Waals surface area contributed by atoms with E-state index in [1.54, 1.807) is 18.2 Å². The minimum absolute atomic E-state index is 0.0441. The maximum atomic E-state index is 14.9. The van der Waals surface area contributed by atoms with E-state index in [0.717, 1.165) is 0 Å². The van der Waals surface area contributed by atoms with Crippen LogP contribution < -0.4 is 20.5 Å². The van der Waals surface area contributed by atoms with Gasteiger partial charge in [0.25, 0.3) is 11.8 Å². The number of hydrogen-bond acceptors (Lipinski definition) is 6. The molecule has 1 aromatic heterocycles. The number of nitrogens with zero attached hydrogens (tertiary/aromatic N) is 1. The Hall–Kier alpha value is -2.94. The highest BCUT2D eigenvalue weighted by molar-refractivity contribution is 6.01. The number of rotatable bonds is 7. The molecular weight excluding hydrogens is 393 g/mol. The fourth-order valence-corrected chi connectivity index (χ4v) is 3.42. The van der Waals surface area contributed by atoms with Crippen molar-refractivity contribution in [3.05, 3.63) is 30.0 Å². The molecule has 8 nitrogen and oxygen atoms in total. The van der Waals surface area contributed by atoms with Crippen LogP contribution in [0.4, 0.5) is 4.39 Å². The molecule has 1 saturated heterocycles. The van der Waals surface area contributed by atoms with Crippen molar-refractivity contribution in [2.45, 2.75) is 57.5 Å². The van der Waals surface area contributed by atoms with Gasteiger partial charge in [-0.1, -0.05) is 0 Å². The van der Waals surface area contributed by atoms with Crippen LogP contribution in [0.15, 0.2) is 24.4 Å². The third-order valence-corrected chi connectivity index (χ3v) is 5.07. The average Bonchev–Trinajstić information content (AvgIpc) is 2.94. The summed E-state index contributed by atoms with van der Waals surface area (Å²) in [5.41, 5.74) is 1.49. The molecule has 2 atom stereocenters. The second-order valence-electron chi connectivity index (χ2n) is 8.26. The molecule has 0 radical (unpaired) electrons. The second-order valence-corrected chi connectivity index (χ2v) is 8.26. The summed E-state index contributed by atoms with van der Waals surface area (Å²) in [5, 5.41) is 13.8. The van der Waals surface area contributed by atoms with Crippen molar-refractivity contribution in [2.75, 3.05) is 6.61 Å². The van der Waals surface area contributed by atoms with Crippen molar-refractivity contribution >= 4 is 22.6 Å². The number of carbonyl (C=O) groups is 2. The van der Waals surface area contributed by atoms with Crippen molar-refractivity contribution in [3.8, 4) is 11.6 Å². The Morgan fingerprint density at radius 2 is 2.17 bits per heavy atom. The lowest BCUT2D eigenvalue weighted by atomic mass is 9.85. The highest BCUT2D eigenvalue weighted by Crippen LogP contribution is 2.36. The minimum Gasteiger partial charge on any atom is -0.490 e. The lowest BCUT2D eigenvalue weighted by Crippen LogP contribution is -2.51. The smallest absolute Gasteiger partial charge is 0.261 e. The predicted octanol–water partition coefficient (Wildman–Crippen LogP) is 1.87. The van der Waals surface area contributed by atoms with Crippen LogP contribution in [0.3, 0.4) is 0 Å². The molecule has 30 heavy (non-hydrogen) atoms. The molecule has 0 spiro atoms. The molecule has 3 rings (SSSR count). The SMILES string of the molecule is CC(C)Oc1cc2c(OC[C@@H]3C[C@@](F)(C(C)(C)O)C(=O)N3)nccc2cc1C(N)=O. The van der Waals surface area contributed by atoms with Gasteiger partial charge in [0, 0.05) is 18.0 Å². The van der Waals surface area contributed by atoms with Gasteiger partial charge in [-0.05, 0) is 51.3 Å². The summed E-state index contributed by atoms with van der Waals surface area (Å²) in [5.74, 6) is -0.938. The summed E-state index contributed by atoms with van der Waals surface area (Å²) in [7, 11) is 0. The van der Waals surface area contributed by atoms with Gasteiger partial charge < -0.3 is 25.6 Å². The molecule has 0 aliphatic carbocycles. The van der Waals surface area contributed by atoms with E-state index >= 15 is 0 Å². The van der Waals surface area contributed by atoms with Gasteiger partial charge in [0.15, 0.2) is 0 Å².